The first-order valence-corrected chi connectivity index (χ1v) is 8.63. The van der Waals surface area contributed by atoms with Crippen LogP contribution >= 0.6 is 12.2 Å². The maximum absolute atomic E-state index is 12.1. The molecule has 0 radical (unpaired) electrons. The molecule has 23 heavy (non-hydrogen) atoms. The molecule has 0 aliphatic heterocycles. The fourth-order valence-corrected chi connectivity index (χ4v) is 3.27. The third-order valence-corrected chi connectivity index (χ3v) is 4.87. The molecule has 1 fully saturated rings. The van der Waals surface area contributed by atoms with E-state index in [0.29, 0.717) is 17.1 Å². The maximum atomic E-state index is 12.1. The zero-order chi connectivity index (χ0) is 17.0. The predicted octanol–water partition coefficient (Wildman–Crippen LogP) is 2.02. The van der Waals surface area contributed by atoms with Crippen molar-refractivity contribution in [1.29, 1.82) is 0 Å². The Kier molecular flexibility index (Phi) is 5.98. The van der Waals surface area contributed by atoms with Crippen LogP contribution in [0.5, 0.6) is 0 Å². The lowest BCUT2D eigenvalue weighted by atomic mass is 9.86. The van der Waals surface area contributed by atoms with Gasteiger partial charge < -0.3 is 16.0 Å². The van der Waals surface area contributed by atoms with Crippen molar-refractivity contribution in [3.8, 4) is 0 Å². The zero-order valence-electron chi connectivity index (χ0n) is 14.4. The minimum Gasteiger partial charge on any atom is -0.360 e. The second kappa shape index (κ2) is 7.77. The van der Waals surface area contributed by atoms with Crippen molar-refractivity contribution in [2.24, 2.45) is 13.0 Å². The number of hydrogen-bond donors (Lipinski definition) is 3. The molecule has 1 aromatic rings. The van der Waals surface area contributed by atoms with Gasteiger partial charge in [-0.2, -0.15) is 5.10 Å². The van der Waals surface area contributed by atoms with Crippen molar-refractivity contribution in [2.45, 2.75) is 52.5 Å². The van der Waals surface area contributed by atoms with Crippen LogP contribution in [0.15, 0.2) is 0 Å². The van der Waals surface area contributed by atoms with Gasteiger partial charge in [0.25, 0.3) is 0 Å². The van der Waals surface area contributed by atoms with Crippen molar-refractivity contribution in [3.63, 3.8) is 0 Å². The highest BCUT2D eigenvalue weighted by Gasteiger charge is 2.21. The van der Waals surface area contributed by atoms with E-state index in [1.165, 1.54) is 19.3 Å². The van der Waals surface area contributed by atoms with E-state index in [1.807, 2.05) is 20.9 Å². The highest BCUT2D eigenvalue weighted by molar-refractivity contribution is 7.80. The van der Waals surface area contributed by atoms with E-state index in [2.05, 4.69) is 28.0 Å². The van der Waals surface area contributed by atoms with Crippen molar-refractivity contribution in [3.05, 3.63) is 11.4 Å². The molecule has 0 unspecified atom stereocenters. The zero-order valence-corrected chi connectivity index (χ0v) is 15.2. The SMILES string of the molecule is Cc1nn(C)c(C)c1NC(=O)CNC(=S)N[C@@H]1CCCC[C@H]1C. The predicted molar refractivity (Wildman–Crippen MR) is 96.5 cm³/mol. The van der Waals surface area contributed by atoms with E-state index >= 15 is 0 Å². The Bertz CT molecular complexity index is 583. The molecule has 2 atom stereocenters. The summed E-state index contributed by atoms with van der Waals surface area (Å²) in [7, 11) is 1.86. The van der Waals surface area contributed by atoms with Crippen LogP contribution in [0.1, 0.15) is 44.0 Å². The van der Waals surface area contributed by atoms with E-state index in [0.717, 1.165) is 23.5 Å². The number of aryl methyl sites for hydroxylation is 2. The van der Waals surface area contributed by atoms with Crippen LogP contribution < -0.4 is 16.0 Å². The Balaban J connectivity index is 1.78. The number of anilines is 1. The summed E-state index contributed by atoms with van der Waals surface area (Å²) < 4.78 is 1.76. The first-order valence-electron chi connectivity index (χ1n) is 8.23. The number of aromatic nitrogens is 2. The Morgan fingerprint density at radius 2 is 2.04 bits per heavy atom. The van der Waals surface area contributed by atoms with Gasteiger partial charge in [0, 0.05) is 13.1 Å². The lowest BCUT2D eigenvalue weighted by Crippen LogP contribution is -2.47. The van der Waals surface area contributed by atoms with E-state index in [-0.39, 0.29) is 12.5 Å². The number of carbonyl (C=O) groups excluding carboxylic acids is 1. The largest absolute Gasteiger partial charge is 0.360 e. The third-order valence-electron chi connectivity index (χ3n) is 4.61. The Labute approximate surface area is 143 Å². The van der Waals surface area contributed by atoms with Gasteiger partial charge in [-0.15, -0.1) is 0 Å². The molecular formula is C16H27N5OS. The minimum atomic E-state index is -0.120. The molecule has 1 amide bonds. The lowest BCUT2D eigenvalue weighted by Gasteiger charge is -2.30. The maximum Gasteiger partial charge on any atom is 0.243 e. The van der Waals surface area contributed by atoms with Crippen LogP contribution in [0.25, 0.3) is 0 Å². The average molecular weight is 337 g/mol. The molecule has 3 N–H and O–H groups in total. The minimum absolute atomic E-state index is 0.120. The van der Waals surface area contributed by atoms with Gasteiger partial charge >= 0.3 is 0 Å². The monoisotopic (exact) mass is 337 g/mol. The molecule has 6 nitrogen and oxygen atoms in total. The summed E-state index contributed by atoms with van der Waals surface area (Å²) in [4.78, 5) is 12.1. The Morgan fingerprint density at radius 3 is 2.65 bits per heavy atom. The topological polar surface area (TPSA) is 71.0 Å². The smallest absolute Gasteiger partial charge is 0.243 e. The fraction of sp³-hybridized carbons (Fsp3) is 0.688. The highest BCUT2D eigenvalue weighted by Crippen LogP contribution is 2.23. The Hall–Kier alpha value is -1.63. The molecule has 0 bridgehead atoms. The summed E-state index contributed by atoms with van der Waals surface area (Å²) in [5.41, 5.74) is 2.53. The number of hydrogen-bond acceptors (Lipinski definition) is 3. The number of carbonyl (C=O) groups is 1. The summed E-state index contributed by atoms with van der Waals surface area (Å²) in [5.74, 6) is 0.503. The molecule has 1 heterocycles. The van der Waals surface area contributed by atoms with E-state index < -0.39 is 0 Å². The summed E-state index contributed by atoms with van der Waals surface area (Å²) in [5, 5.41) is 14.1. The first-order chi connectivity index (χ1) is 10.9. The second-order valence-electron chi connectivity index (χ2n) is 6.41. The molecule has 0 aromatic carbocycles. The quantitative estimate of drug-likeness (QED) is 0.733. The van der Waals surface area contributed by atoms with Crippen molar-refractivity contribution in [2.75, 3.05) is 11.9 Å². The van der Waals surface area contributed by atoms with Gasteiger partial charge in [-0.25, -0.2) is 0 Å². The average Bonchev–Trinajstić information content (AvgIpc) is 2.74. The second-order valence-corrected chi connectivity index (χ2v) is 6.82. The van der Waals surface area contributed by atoms with Crippen LogP contribution in [0.3, 0.4) is 0 Å². The van der Waals surface area contributed by atoms with Gasteiger partial charge in [-0.1, -0.05) is 19.8 Å². The molecule has 1 aliphatic rings. The van der Waals surface area contributed by atoms with Gasteiger partial charge in [0.2, 0.25) is 5.91 Å². The standard InChI is InChI=1S/C16H27N5OS/c1-10-7-5-6-8-13(10)18-16(23)17-9-14(22)19-15-11(2)20-21(4)12(15)3/h10,13H,5-9H2,1-4H3,(H,19,22)(H2,17,18,23)/t10-,13-/m1/s1. The van der Waals surface area contributed by atoms with Crippen molar-refractivity contribution >= 4 is 28.9 Å². The molecule has 2 rings (SSSR count). The van der Waals surface area contributed by atoms with Crippen molar-refractivity contribution < 1.29 is 4.79 Å². The number of nitrogens with one attached hydrogen (secondary N) is 3. The highest BCUT2D eigenvalue weighted by atomic mass is 32.1. The number of rotatable bonds is 4. The summed E-state index contributed by atoms with van der Waals surface area (Å²) in [6.45, 7) is 6.22. The van der Waals surface area contributed by atoms with Gasteiger partial charge in [-0.3, -0.25) is 9.48 Å². The van der Waals surface area contributed by atoms with E-state index in [9.17, 15) is 4.79 Å². The van der Waals surface area contributed by atoms with Gasteiger partial charge in [-0.05, 0) is 44.8 Å². The van der Waals surface area contributed by atoms with Crippen LogP contribution in [0.2, 0.25) is 0 Å². The number of thiocarbonyl (C=S) groups is 1. The molecule has 128 valence electrons. The number of amides is 1. The van der Waals surface area contributed by atoms with Crippen LogP contribution in [0.4, 0.5) is 5.69 Å². The van der Waals surface area contributed by atoms with Crippen LogP contribution in [-0.2, 0) is 11.8 Å². The van der Waals surface area contributed by atoms with Crippen LogP contribution in [0, 0.1) is 19.8 Å². The molecule has 1 aromatic heterocycles. The van der Waals surface area contributed by atoms with Gasteiger partial charge in [0.05, 0.1) is 23.6 Å². The summed E-state index contributed by atoms with van der Waals surface area (Å²) in [6, 6.07) is 0.412. The molecule has 7 heteroatoms. The van der Waals surface area contributed by atoms with Gasteiger partial charge in [0.15, 0.2) is 5.11 Å². The fourth-order valence-electron chi connectivity index (χ4n) is 3.05. The normalized spacial score (nSPS) is 20.9. The first kappa shape index (κ1) is 17.7. The Morgan fingerprint density at radius 1 is 1.35 bits per heavy atom. The molecule has 0 spiro atoms. The molecule has 1 saturated carbocycles. The molecule has 1 aliphatic carbocycles. The summed E-state index contributed by atoms with van der Waals surface area (Å²) in [6.07, 6.45) is 4.92. The van der Waals surface area contributed by atoms with Crippen LogP contribution in [-0.4, -0.2) is 33.4 Å². The van der Waals surface area contributed by atoms with E-state index in [4.69, 9.17) is 12.2 Å². The molecule has 0 saturated heterocycles. The third kappa shape index (κ3) is 4.67. The van der Waals surface area contributed by atoms with Crippen molar-refractivity contribution in [1.82, 2.24) is 20.4 Å². The van der Waals surface area contributed by atoms with E-state index in [1.54, 1.807) is 4.68 Å². The summed E-state index contributed by atoms with van der Waals surface area (Å²) >= 11 is 5.31. The van der Waals surface area contributed by atoms with Gasteiger partial charge in [0.1, 0.15) is 0 Å². The number of nitrogens with zero attached hydrogens (tertiary/aromatic N) is 2. The molecular weight excluding hydrogens is 310 g/mol. The lowest BCUT2D eigenvalue weighted by molar-refractivity contribution is -0.115.